The Morgan fingerprint density at radius 1 is 1.17 bits per heavy atom. The van der Waals surface area contributed by atoms with E-state index in [0.29, 0.717) is 6.54 Å². The first kappa shape index (κ1) is 16.5. The van der Waals surface area contributed by atoms with Crippen molar-refractivity contribution in [2.45, 2.75) is 50.6 Å². The van der Waals surface area contributed by atoms with Gasteiger partial charge in [0.15, 0.2) is 0 Å². The monoisotopic (exact) mass is 335 g/mol. The molecule has 126 valence electrons. The first-order valence-electron chi connectivity index (χ1n) is 8.59. The summed E-state index contributed by atoms with van der Waals surface area (Å²) < 4.78 is 0. The van der Waals surface area contributed by atoms with Crippen LogP contribution in [0.2, 0.25) is 0 Å². The highest BCUT2D eigenvalue weighted by atomic mass is 32.1. The molecule has 23 heavy (non-hydrogen) atoms. The topological polar surface area (TPSA) is 61.4 Å². The minimum absolute atomic E-state index is 0.164. The number of carbonyl (C=O) groups is 2. The van der Waals surface area contributed by atoms with Crippen molar-refractivity contribution in [2.75, 3.05) is 19.6 Å². The molecular formula is C17H25N3O2S. The van der Waals surface area contributed by atoms with E-state index in [1.165, 1.54) is 31.2 Å². The van der Waals surface area contributed by atoms with Crippen LogP contribution in [0.5, 0.6) is 0 Å². The van der Waals surface area contributed by atoms with Crippen LogP contribution in [-0.4, -0.2) is 42.4 Å². The Hall–Kier alpha value is -1.40. The summed E-state index contributed by atoms with van der Waals surface area (Å²) in [4.78, 5) is 26.2. The van der Waals surface area contributed by atoms with Gasteiger partial charge in [-0.25, -0.2) is 0 Å². The van der Waals surface area contributed by atoms with Gasteiger partial charge >= 0.3 is 11.8 Å². The summed E-state index contributed by atoms with van der Waals surface area (Å²) in [6, 6.07) is 2.50. The highest BCUT2D eigenvalue weighted by Gasteiger charge is 2.28. The van der Waals surface area contributed by atoms with E-state index >= 15 is 0 Å². The molecule has 1 saturated carbocycles. The lowest BCUT2D eigenvalue weighted by molar-refractivity contribution is -0.139. The van der Waals surface area contributed by atoms with E-state index in [0.717, 1.165) is 25.9 Å². The van der Waals surface area contributed by atoms with Crippen LogP contribution in [0.1, 0.15) is 50.1 Å². The molecule has 2 amide bonds. The average molecular weight is 335 g/mol. The Kier molecular flexibility index (Phi) is 5.67. The summed E-state index contributed by atoms with van der Waals surface area (Å²) in [5, 5.41) is 9.79. The fraction of sp³-hybridized carbons (Fsp3) is 0.647. The van der Waals surface area contributed by atoms with Gasteiger partial charge in [-0.15, -0.1) is 0 Å². The summed E-state index contributed by atoms with van der Waals surface area (Å²) >= 11 is 1.68. The van der Waals surface area contributed by atoms with Crippen LogP contribution in [0.4, 0.5) is 0 Å². The molecule has 2 N–H and O–H groups in total. The number of nitrogens with one attached hydrogen (secondary N) is 2. The van der Waals surface area contributed by atoms with Crippen molar-refractivity contribution in [3.8, 4) is 0 Å². The van der Waals surface area contributed by atoms with Gasteiger partial charge in [-0.2, -0.15) is 11.3 Å². The van der Waals surface area contributed by atoms with Gasteiger partial charge in [-0.1, -0.05) is 12.8 Å². The van der Waals surface area contributed by atoms with Crippen molar-refractivity contribution in [3.63, 3.8) is 0 Å². The summed E-state index contributed by atoms with van der Waals surface area (Å²) in [7, 11) is 0. The largest absolute Gasteiger partial charge is 0.346 e. The lowest BCUT2D eigenvalue weighted by Gasteiger charge is -2.30. The number of carbonyl (C=O) groups excluding carboxylic acids is 2. The molecule has 0 unspecified atom stereocenters. The first-order valence-corrected chi connectivity index (χ1v) is 9.53. The highest BCUT2D eigenvalue weighted by Crippen LogP contribution is 2.25. The van der Waals surface area contributed by atoms with E-state index in [4.69, 9.17) is 0 Å². The molecule has 5 nitrogen and oxygen atoms in total. The SMILES string of the molecule is O=C(NC[C@@H](c1ccsc1)N1CCCCCC1)C(=O)NC1CC1. The van der Waals surface area contributed by atoms with Crippen LogP contribution in [0.3, 0.4) is 0 Å². The van der Waals surface area contributed by atoms with E-state index in [1.54, 1.807) is 11.3 Å². The molecule has 2 heterocycles. The number of rotatable bonds is 5. The molecule has 1 aliphatic carbocycles. The van der Waals surface area contributed by atoms with Crippen molar-refractivity contribution in [3.05, 3.63) is 22.4 Å². The number of thiophene rings is 1. The van der Waals surface area contributed by atoms with Crippen LogP contribution < -0.4 is 10.6 Å². The quantitative estimate of drug-likeness (QED) is 0.810. The van der Waals surface area contributed by atoms with Gasteiger partial charge in [0.1, 0.15) is 0 Å². The smallest absolute Gasteiger partial charge is 0.309 e. The maximum Gasteiger partial charge on any atom is 0.309 e. The molecule has 0 radical (unpaired) electrons. The minimum atomic E-state index is -0.507. The zero-order valence-corrected chi connectivity index (χ0v) is 14.2. The maximum atomic E-state index is 12.0. The van der Waals surface area contributed by atoms with Gasteiger partial charge in [0.2, 0.25) is 0 Å². The van der Waals surface area contributed by atoms with Crippen LogP contribution in [0.25, 0.3) is 0 Å². The molecule has 0 bridgehead atoms. The first-order chi connectivity index (χ1) is 11.2. The molecule has 1 aromatic heterocycles. The van der Waals surface area contributed by atoms with Crippen molar-refractivity contribution in [1.82, 2.24) is 15.5 Å². The zero-order chi connectivity index (χ0) is 16.1. The standard InChI is InChI=1S/C17H25N3O2S/c21-16(17(22)19-14-5-6-14)18-11-15(13-7-10-23-12-13)20-8-3-1-2-4-9-20/h7,10,12,14-15H,1-6,8-9,11H2,(H,18,21)(H,19,22)/t15-/m0/s1. The minimum Gasteiger partial charge on any atom is -0.346 e. The zero-order valence-electron chi connectivity index (χ0n) is 13.4. The normalized spacial score (nSPS) is 20.5. The molecule has 0 spiro atoms. The van der Waals surface area contributed by atoms with Crippen molar-refractivity contribution in [2.24, 2.45) is 0 Å². The van der Waals surface area contributed by atoms with Crippen LogP contribution >= 0.6 is 11.3 Å². The van der Waals surface area contributed by atoms with E-state index in [2.05, 4.69) is 32.4 Å². The molecule has 2 fully saturated rings. The highest BCUT2D eigenvalue weighted by molar-refractivity contribution is 7.07. The predicted molar refractivity (Wildman–Crippen MR) is 91.3 cm³/mol. The van der Waals surface area contributed by atoms with Crippen molar-refractivity contribution < 1.29 is 9.59 Å². The summed E-state index contributed by atoms with van der Waals surface area (Å²) in [5.41, 5.74) is 1.24. The van der Waals surface area contributed by atoms with E-state index < -0.39 is 11.8 Å². The fourth-order valence-electron chi connectivity index (χ4n) is 3.08. The molecular weight excluding hydrogens is 310 g/mol. The third-order valence-corrected chi connectivity index (χ3v) is 5.29. The van der Waals surface area contributed by atoms with Crippen LogP contribution in [-0.2, 0) is 9.59 Å². The third kappa shape index (κ3) is 4.78. The summed E-state index contributed by atoms with van der Waals surface area (Å²) in [5.74, 6) is -1.00. The number of amides is 2. The van der Waals surface area contributed by atoms with Gasteiger partial charge in [0, 0.05) is 12.6 Å². The van der Waals surface area contributed by atoms with Crippen LogP contribution in [0, 0.1) is 0 Å². The Morgan fingerprint density at radius 2 is 1.91 bits per heavy atom. The molecule has 0 aromatic carbocycles. The lowest BCUT2D eigenvalue weighted by Crippen LogP contribution is -2.44. The summed E-state index contributed by atoms with van der Waals surface area (Å²) in [6.45, 7) is 2.61. The molecule has 1 saturated heterocycles. The molecule has 3 rings (SSSR count). The number of hydrogen-bond acceptors (Lipinski definition) is 4. The van der Waals surface area contributed by atoms with E-state index in [1.807, 2.05) is 0 Å². The van der Waals surface area contributed by atoms with Gasteiger partial charge in [0.05, 0.1) is 6.04 Å². The van der Waals surface area contributed by atoms with E-state index in [-0.39, 0.29) is 12.1 Å². The lowest BCUT2D eigenvalue weighted by atomic mass is 10.1. The molecule has 2 aliphatic rings. The maximum absolute atomic E-state index is 12.0. The number of nitrogens with zero attached hydrogens (tertiary/aromatic N) is 1. The predicted octanol–water partition coefficient (Wildman–Crippen LogP) is 2.06. The third-order valence-electron chi connectivity index (χ3n) is 4.58. The molecule has 1 aliphatic heterocycles. The van der Waals surface area contributed by atoms with Crippen LogP contribution in [0.15, 0.2) is 16.8 Å². The van der Waals surface area contributed by atoms with Crippen molar-refractivity contribution >= 4 is 23.2 Å². The Bertz CT molecular complexity index is 520. The number of likely N-dealkylation sites (tertiary alicyclic amines) is 1. The number of hydrogen-bond donors (Lipinski definition) is 2. The van der Waals surface area contributed by atoms with Gasteiger partial charge in [-0.3, -0.25) is 14.5 Å². The van der Waals surface area contributed by atoms with Gasteiger partial charge in [-0.05, 0) is 61.2 Å². The Morgan fingerprint density at radius 3 is 2.52 bits per heavy atom. The van der Waals surface area contributed by atoms with Crippen molar-refractivity contribution in [1.29, 1.82) is 0 Å². The van der Waals surface area contributed by atoms with E-state index in [9.17, 15) is 9.59 Å². The molecule has 6 heteroatoms. The molecule has 1 atom stereocenters. The average Bonchev–Trinajstić information content (AvgIpc) is 3.27. The van der Waals surface area contributed by atoms with Gasteiger partial charge < -0.3 is 10.6 Å². The van der Waals surface area contributed by atoms with Gasteiger partial charge in [0.25, 0.3) is 0 Å². The second kappa shape index (κ2) is 7.93. The Labute approximate surface area is 141 Å². The second-order valence-corrected chi connectivity index (χ2v) is 7.26. The molecule has 1 aromatic rings. The fourth-order valence-corrected chi connectivity index (χ4v) is 3.78. The summed E-state index contributed by atoms with van der Waals surface area (Å²) in [6.07, 6.45) is 6.95. The second-order valence-electron chi connectivity index (χ2n) is 6.48. The Balaban J connectivity index is 1.59.